The van der Waals surface area contributed by atoms with E-state index in [1.165, 1.54) is 29.2 Å². The summed E-state index contributed by atoms with van der Waals surface area (Å²) in [5, 5.41) is 12.5. The van der Waals surface area contributed by atoms with Crippen molar-refractivity contribution in [2.75, 3.05) is 32.1 Å². The SMILES string of the molecule is C/C=C/c1cnc2c(c1)C(=O)N([C@@H](C)CO)C[C@H](C)[C@H](CN(C)C(=O)Nc1ccc(F)cc1)O2. The normalized spacial score (nSPS) is 19.1. The molecule has 3 amide bonds. The van der Waals surface area contributed by atoms with Crippen molar-refractivity contribution in [1.82, 2.24) is 14.8 Å². The number of halogens is 1. The monoisotopic (exact) mass is 470 g/mol. The van der Waals surface area contributed by atoms with Gasteiger partial charge in [0.05, 0.1) is 19.2 Å². The van der Waals surface area contributed by atoms with E-state index in [0.29, 0.717) is 17.8 Å². The van der Waals surface area contributed by atoms with Crippen LogP contribution in [0.1, 0.15) is 36.7 Å². The number of carbonyl (C=O) groups excluding carboxylic acids is 2. The average Bonchev–Trinajstić information content (AvgIpc) is 2.82. The van der Waals surface area contributed by atoms with Crippen LogP contribution in [0.5, 0.6) is 5.88 Å². The number of amides is 3. The molecule has 2 N–H and O–H groups in total. The number of benzene rings is 1. The first kappa shape index (κ1) is 25.2. The summed E-state index contributed by atoms with van der Waals surface area (Å²) in [6, 6.07) is 6.46. The third-order valence-electron chi connectivity index (χ3n) is 5.80. The molecule has 34 heavy (non-hydrogen) atoms. The number of pyridine rings is 1. The summed E-state index contributed by atoms with van der Waals surface area (Å²) in [7, 11) is 1.64. The van der Waals surface area contributed by atoms with E-state index in [2.05, 4.69) is 10.3 Å². The molecule has 1 aliphatic rings. The number of fused-ring (bicyclic) bond motifs is 1. The third kappa shape index (κ3) is 5.91. The van der Waals surface area contributed by atoms with Gasteiger partial charge in [-0.3, -0.25) is 4.79 Å². The van der Waals surface area contributed by atoms with Gasteiger partial charge >= 0.3 is 6.03 Å². The number of aromatic nitrogens is 1. The number of aliphatic hydroxyl groups is 1. The molecule has 2 heterocycles. The summed E-state index contributed by atoms with van der Waals surface area (Å²) in [6.45, 7) is 5.97. The van der Waals surface area contributed by atoms with Crippen LogP contribution >= 0.6 is 0 Å². The maximum atomic E-state index is 13.3. The smallest absolute Gasteiger partial charge is 0.321 e. The Balaban J connectivity index is 1.85. The molecule has 3 rings (SSSR count). The Hall–Kier alpha value is -3.46. The van der Waals surface area contributed by atoms with Crippen molar-refractivity contribution in [2.45, 2.75) is 32.9 Å². The maximum Gasteiger partial charge on any atom is 0.321 e. The first-order valence-electron chi connectivity index (χ1n) is 11.2. The van der Waals surface area contributed by atoms with Crippen LogP contribution in [0.15, 0.2) is 42.6 Å². The second-order valence-electron chi connectivity index (χ2n) is 8.56. The number of nitrogens with one attached hydrogen (secondary N) is 1. The topological polar surface area (TPSA) is 95.0 Å². The van der Waals surface area contributed by atoms with Crippen LogP contribution in [0, 0.1) is 11.7 Å². The Morgan fingerprint density at radius 2 is 2.12 bits per heavy atom. The number of aliphatic hydroxyl groups excluding tert-OH is 1. The van der Waals surface area contributed by atoms with Crippen molar-refractivity contribution in [2.24, 2.45) is 5.92 Å². The molecule has 0 spiro atoms. The molecule has 0 unspecified atom stereocenters. The van der Waals surface area contributed by atoms with Gasteiger partial charge in [-0.1, -0.05) is 19.1 Å². The van der Waals surface area contributed by atoms with Gasteiger partial charge in [-0.2, -0.15) is 0 Å². The molecule has 1 aliphatic heterocycles. The number of hydrogen-bond donors (Lipinski definition) is 2. The van der Waals surface area contributed by atoms with E-state index in [9.17, 15) is 19.1 Å². The lowest BCUT2D eigenvalue weighted by atomic mass is 10.00. The van der Waals surface area contributed by atoms with E-state index in [0.717, 1.165) is 5.56 Å². The van der Waals surface area contributed by atoms with Gasteiger partial charge in [0.25, 0.3) is 5.91 Å². The van der Waals surface area contributed by atoms with Crippen molar-refractivity contribution in [1.29, 1.82) is 0 Å². The lowest BCUT2D eigenvalue weighted by Crippen LogP contribution is -2.50. The molecule has 182 valence electrons. The van der Waals surface area contributed by atoms with Crippen LogP contribution in [0.25, 0.3) is 6.08 Å². The Morgan fingerprint density at radius 3 is 2.76 bits per heavy atom. The number of ether oxygens (including phenoxy) is 1. The fraction of sp³-hybridized carbons (Fsp3) is 0.400. The average molecular weight is 471 g/mol. The fourth-order valence-electron chi connectivity index (χ4n) is 3.72. The summed E-state index contributed by atoms with van der Waals surface area (Å²) in [5.74, 6) is -0.618. The lowest BCUT2D eigenvalue weighted by molar-refractivity contribution is 0.0356. The van der Waals surface area contributed by atoms with E-state index in [4.69, 9.17) is 4.74 Å². The Bertz CT molecular complexity index is 1040. The van der Waals surface area contributed by atoms with Gasteiger partial charge < -0.3 is 25.0 Å². The number of likely N-dealkylation sites (N-methyl/N-ethyl adjacent to an activating group) is 1. The molecule has 0 bridgehead atoms. The van der Waals surface area contributed by atoms with E-state index >= 15 is 0 Å². The zero-order chi connectivity index (χ0) is 24.8. The summed E-state index contributed by atoms with van der Waals surface area (Å²) < 4.78 is 19.3. The summed E-state index contributed by atoms with van der Waals surface area (Å²) in [6.07, 6.45) is 4.85. The molecule has 8 nitrogen and oxygen atoms in total. The zero-order valence-corrected chi connectivity index (χ0v) is 19.9. The Labute approximate surface area is 199 Å². The van der Waals surface area contributed by atoms with Gasteiger partial charge in [-0.05, 0) is 49.7 Å². The van der Waals surface area contributed by atoms with Gasteiger partial charge in [-0.25, -0.2) is 14.2 Å². The second-order valence-corrected chi connectivity index (χ2v) is 8.56. The zero-order valence-electron chi connectivity index (χ0n) is 19.9. The molecular formula is C25H31FN4O4. The molecule has 0 radical (unpaired) electrons. The molecule has 2 aromatic rings. The predicted octanol–water partition coefficient (Wildman–Crippen LogP) is 3.64. The minimum absolute atomic E-state index is 0.163. The minimum atomic E-state index is -0.468. The third-order valence-corrected chi connectivity index (χ3v) is 5.80. The van der Waals surface area contributed by atoms with Crippen molar-refractivity contribution >= 4 is 23.7 Å². The van der Waals surface area contributed by atoms with Crippen molar-refractivity contribution in [3.05, 3.63) is 59.5 Å². The highest BCUT2D eigenvalue weighted by atomic mass is 19.1. The Kier molecular flexibility index (Phi) is 8.22. The van der Waals surface area contributed by atoms with Crippen LogP contribution in [0.4, 0.5) is 14.9 Å². The second kappa shape index (κ2) is 11.1. The van der Waals surface area contributed by atoms with E-state index < -0.39 is 12.1 Å². The fourth-order valence-corrected chi connectivity index (χ4v) is 3.72. The molecule has 0 aliphatic carbocycles. The molecule has 3 atom stereocenters. The van der Waals surface area contributed by atoms with Gasteiger partial charge in [0.15, 0.2) is 0 Å². The molecule has 0 fully saturated rings. The lowest BCUT2D eigenvalue weighted by Gasteiger charge is -2.37. The Morgan fingerprint density at radius 1 is 1.41 bits per heavy atom. The predicted molar refractivity (Wildman–Crippen MR) is 128 cm³/mol. The molecule has 0 saturated carbocycles. The van der Waals surface area contributed by atoms with Crippen molar-refractivity contribution in [3.63, 3.8) is 0 Å². The highest BCUT2D eigenvalue weighted by Crippen LogP contribution is 2.27. The van der Waals surface area contributed by atoms with E-state index in [1.807, 2.05) is 26.0 Å². The van der Waals surface area contributed by atoms with Gasteiger partial charge in [0.1, 0.15) is 17.5 Å². The molecular weight excluding hydrogens is 439 g/mol. The number of urea groups is 1. The van der Waals surface area contributed by atoms with E-state index in [-0.39, 0.29) is 42.7 Å². The number of anilines is 1. The van der Waals surface area contributed by atoms with Gasteiger partial charge in [0, 0.05) is 31.4 Å². The van der Waals surface area contributed by atoms with Crippen molar-refractivity contribution in [3.8, 4) is 5.88 Å². The molecule has 0 saturated heterocycles. The first-order valence-corrected chi connectivity index (χ1v) is 11.2. The van der Waals surface area contributed by atoms with Crippen molar-refractivity contribution < 1.29 is 23.8 Å². The number of allylic oxidation sites excluding steroid dienone is 1. The quantitative estimate of drug-likeness (QED) is 0.672. The van der Waals surface area contributed by atoms with Crippen LogP contribution in [-0.4, -0.2) is 70.7 Å². The number of rotatable bonds is 6. The summed E-state index contributed by atoms with van der Waals surface area (Å²) in [4.78, 5) is 33.5. The van der Waals surface area contributed by atoms with Gasteiger partial charge in [-0.15, -0.1) is 0 Å². The molecule has 1 aromatic carbocycles. The standard InChI is InChI=1S/C25H31FN4O4/c1-5-6-18-11-21-23(27-12-18)34-22(16(2)13-30(24(21)32)17(3)15-31)14-29(4)25(33)28-20-9-7-19(26)8-10-20/h5-12,16-17,22,31H,13-15H2,1-4H3,(H,28,33)/b6-5+/t16-,17-,22-/m0/s1. The summed E-state index contributed by atoms with van der Waals surface area (Å²) >= 11 is 0. The molecule has 9 heteroatoms. The van der Waals surface area contributed by atoms with Crippen LogP contribution in [-0.2, 0) is 0 Å². The highest BCUT2D eigenvalue weighted by Gasteiger charge is 2.34. The first-order chi connectivity index (χ1) is 16.2. The maximum absolute atomic E-state index is 13.3. The highest BCUT2D eigenvalue weighted by molar-refractivity contribution is 5.97. The number of nitrogens with zero attached hydrogens (tertiary/aromatic N) is 3. The largest absolute Gasteiger partial charge is 0.472 e. The van der Waals surface area contributed by atoms with Crippen LogP contribution in [0.2, 0.25) is 0 Å². The van der Waals surface area contributed by atoms with Gasteiger partial charge in [0.2, 0.25) is 5.88 Å². The van der Waals surface area contributed by atoms with Crippen LogP contribution in [0.3, 0.4) is 0 Å². The number of carbonyl (C=O) groups is 2. The molecule has 1 aromatic heterocycles. The van der Waals surface area contributed by atoms with Crippen LogP contribution < -0.4 is 10.1 Å². The van der Waals surface area contributed by atoms with E-state index in [1.54, 1.807) is 31.1 Å². The number of hydrogen-bond acceptors (Lipinski definition) is 5. The minimum Gasteiger partial charge on any atom is -0.472 e. The summed E-state index contributed by atoms with van der Waals surface area (Å²) in [5.41, 5.74) is 1.55.